The van der Waals surface area contributed by atoms with Crippen LogP contribution >= 0.6 is 0 Å². The van der Waals surface area contributed by atoms with E-state index in [4.69, 9.17) is 9.47 Å². The molecule has 0 aromatic heterocycles. The highest BCUT2D eigenvalue weighted by Gasteiger charge is 2.02. The fourth-order valence-electron chi connectivity index (χ4n) is 0.893. The van der Waals surface area contributed by atoms with Crippen LogP contribution in [0.5, 0.6) is 0 Å². The quantitative estimate of drug-likeness (QED) is 0.330. The summed E-state index contributed by atoms with van der Waals surface area (Å²) < 4.78 is 10.1. The van der Waals surface area contributed by atoms with E-state index in [0.29, 0.717) is 0 Å². The molecule has 0 aromatic carbocycles. The van der Waals surface area contributed by atoms with E-state index in [1.54, 1.807) is 14.2 Å². The average Bonchev–Trinajstić information content (AvgIpc) is 1.99. The van der Waals surface area contributed by atoms with Gasteiger partial charge >= 0.3 is 0 Å². The largest absolute Gasteiger partial charge is 0.356 e. The zero-order valence-electron chi connectivity index (χ0n) is 7.22. The summed E-state index contributed by atoms with van der Waals surface area (Å²) in [5.41, 5.74) is 0. The van der Waals surface area contributed by atoms with Crippen molar-refractivity contribution < 1.29 is 9.47 Å². The van der Waals surface area contributed by atoms with Crippen molar-refractivity contribution in [1.82, 2.24) is 0 Å². The molecule has 0 aliphatic heterocycles. The molecule has 0 spiro atoms. The van der Waals surface area contributed by atoms with Crippen molar-refractivity contribution in [3.05, 3.63) is 0 Å². The molecule has 0 atom stereocenters. The normalized spacial score (nSPS) is 12.0. The van der Waals surface area contributed by atoms with Crippen LogP contribution in [0.3, 0.4) is 0 Å². The van der Waals surface area contributed by atoms with Gasteiger partial charge in [0.2, 0.25) is 0 Å². The van der Waals surface area contributed by atoms with Gasteiger partial charge < -0.3 is 9.47 Å². The molecule has 62 valence electrons. The first-order valence-corrected chi connectivity index (χ1v) is 6.32. The van der Waals surface area contributed by atoms with Gasteiger partial charge in [0.15, 0.2) is 6.29 Å². The topological polar surface area (TPSA) is 18.5 Å². The minimum Gasteiger partial charge on any atom is -0.356 e. The fraction of sp³-hybridized carbons (Fsp3) is 1.00. The SMILES string of the molecule is COC(CCC[SiH2]C)OC. The van der Waals surface area contributed by atoms with Crippen LogP contribution in [0.2, 0.25) is 12.6 Å². The Kier molecular flexibility index (Phi) is 7.35. The van der Waals surface area contributed by atoms with Crippen LogP contribution in [0, 0.1) is 0 Å². The lowest BCUT2D eigenvalue weighted by atomic mass is 10.3. The van der Waals surface area contributed by atoms with Crippen LogP contribution in [0.4, 0.5) is 0 Å². The van der Waals surface area contributed by atoms with Gasteiger partial charge in [-0.05, 0) is 6.42 Å². The number of ether oxygens (including phenoxy) is 2. The van der Waals surface area contributed by atoms with E-state index >= 15 is 0 Å². The molecule has 0 amide bonds. The van der Waals surface area contributed by atoms with Crippen LogP contribution in [-0.4, -0.2) is 30.0 Å². The number of rotatable bonds is 6. The summed E-state index contributed by atoms with van der Waals surface area (Å²) >= 11 is 0. The van der Waals surface area contributed by atoms with E-state index in [-0.39, 0.29) is 15.8 Å². The smallest absolute Gasteiger partial charge is 0.156 e. The molecular weight excluding hydrogens is 144 g/mol. The van der Waals surface area contributed by atoms with E-state index in [9.17, 15) is 0 Å². The van der Waals surface area contributed by atoms with Gasteiger partial charge in [-0.1, -0.05) is 19.0 Å². The Morgan fingerprint density at radius 2 is 1.90 bits per heavy atom. The number of methoxy groups -OCH3 is 2. The summed E-state index contributed by atoms with van der Waals surface area (Å²) in [5.74, 6) is 0. The second-order valence-corrected chi connectivity index (χ2v) is 4.10. The Morgan fingerprint density at radius 1 is 1.30 bits per heavy atom. The fourth-order valence-corrected chi connectivity index (χ4v) is 1.68. The van der Waals surface area contributed by atoms with Crippen molar-refractivity contribution >= 4 is 9.52 Å². The van der Waals surface area contributed by atoms with E-state index in [2.05, 4.69) is 6.55 Å². The summed E-state index contributed by atoms with van der Waals surface area (Å²) in [6.45, 7) is 2.33. The zero-order chi connectivity index (χ0) is 7.82. The molecule has 0 N–H and O–H groups in total. The first-order chi connectivity index (χ1) is 4.85. The molecule has 0 unspecified atom stereocenters. The van der Waals surface area contributed by atoms with Gasteiger partial charge in [-0.2, -0.15) is 0 Å². The molecule has 0 aliphatic rings. The van der Waals surface area contributed by atoms with E-state index in [1.165, 1.54) is 12.5 Å². The second kappa shape index (κ2) is 7.25. The second-order valence-electron chi connectivity index (χ2n) is 2.40. The highest BCUT2D eigenvalue weighted by atomic mass is 28.2. The molecule has 0 saturated heterocycles. The van der Waals surface area contributed by atoms with Crippen LogP contribution in [0.25, 0.3) is 0 Å². The Labute approximate surface area is 65.7 Å². The zero-order valence-corrected chi connectivity index (χ0v) is 8.64. The maximum Gasteiger partial charge on any atom is 0.156 e. The van der Waals surface area contributed by atoms with Crippen LogP contribution < -0.4 is 0 Å². The van der Waals surface area contributed by atoms with Crippen molar-refractivity contribution in [3.63, 3.8) is 0 Å². The third-order valence-corrected chi connectivity index (χ3v) is 2.78. The molecule has 0 rings (SSSR count). The Balaban J connectivity index is 3.09. The van der Waals surface area contributed by atoms with Gasteiger partial charge in [0.1, 0.15) is 0 Å². The van der Waals surface area contributed by atoms with E-state index in [1.807, 2.05) is 0 Å². The van der Waals surface area contributed by atoms with Crippen molar-refractivity contribution in [3.8, 4) is 0 Å². The van der Waals surface area contributed by atoms with Gasteiger partial charge in [-0.15, -0.1) is 0 Å². The van der Waals surface area contributed by atoms with Crippen LogP contribution in [0.1, 0.15) is 12.8 Å². The molecule has 0 bridgehead atoms. The molecule has 0 aliphatic carbocycles. The lowest BCUT2D eigenvalue weighted by Gasteiger charge is -2.11. The van der Waals surface area contributed by atoms with Crippen LogP contribution in [-0.2, 0) is 9.47 Å². The predicted octanol–water partition coefficient (Wildman–Crippen LogP) is 1.02. The molecule has 0 radical (unpaired) electrons. The van der Waals surface area contributed by atoms with Crippen molar-refractivity contribution in [2.75, 3.05) is 14.2 Å². The van der Waals surface area contributed by atoms with Gasteiger partial charge in [0.25, 0.3) is 0 Å². The molecule has 0 saturated carbocycles. The lowest BCUT2D eigenvalue weighted by Crippen LogP contribution is -2.12. The lowest BCUT2D eigenvalue weighted by molar-refractivity contribution is -0.106. The minimum absolute atomic E-state index is 0.0283. The maximum absolute atomic E-state index is 5.04. The van der Waals surface area contributed by atoms with Crippen molar-refractivity contribution in [2.45, 2.75) is 31.7 Å². The van der Waals surface area contributed by atoms with Gasteiger partial charge in [-0.3, -0.25) is 0 Å². The third kappa shape index (κ3) is 4.96. The predicted molar refractivity (Wildman–Crippen MR) is 46.3 cm³/mol. The molecular formula is C7H18O2Si. The minimum atomic E-state index is 0.0283. The Morgan fingerprint density at radius 3 is 2.30 bits per heavy atom. The summed E-state index contributed by atoms with van der Waals surface area (Å²) in [5, 5.41) is 0. The molecule has 10 heavy (non-hydrogen) atoms. The molecule has 0 fully saturated rings. The summed E-state index contributed by atoms with van der Waals surface area (Å²) in [6.07, 6.45) is 2.34. The van der Waals surface area contributed by atoms with Gasteiger partial charge in [-0.25, -0.2) is 0 Å². The van der Waals surface area contributed by atoms with Gasteiger partial charge in [0, 0.05) is 23.7 Å². The summed E-state index contributed by atoms with van der Waals surface area (Å²) in [6, 6.07) is 1.41. The average molecular weight is 162 g/mol. The molecule has 0 heterocycles. The highest BCUT2D eigenvalue weighted by molar-refractivity contribution is 6.33. The van der Waals surface area contributed by atoms with E-state index in [0.717, 1.165) is 6.42 Å². The summed E-state index contributed by atoms with van der Waals surface area (Å²) in [4.78, 5) is 0. The maximum atomic E-state index is 5.04. The summed E-state index contributed by atoms with van der Waals surface area (Å²) in [7, 11) is 3.63. The molecule has 2 nitrogen and oxygen atoms in total. The Hall–Kier alpha value is 0.137. The number of hydrogen-bond acceptors (Lipinski definition) is 2. The highest BCUT2D eigenvalue weighted by Crippen LogP contribution is 2.03. The first kappa shape index (κ1) is 10.1. The van der Waals surface area contributed by atoms with Crippen molar-refractivity contribution in [1.29, 1.82) is 0 Å². The monoisotopic (exact) mass is 162 g/mol. The first-order valence-electron chi connectivity index (χ1n) is 3.90. The molecule has 0 aromatic rings. The van der Waals surface area contributed by atoms with Crippen molar-refractivity contribution in [2.24, 2.45) is 0 Å². The standard InChI is InChI=1S/C7H18O2Si/c1-8-7(9-2)5-4-6-10-3/h7H,4-6,10H2,1-3H3. The van der Waals surface area contributed by atoms with Gasteiger partial charge in [0.05, 0.1) is 0 Å². The molecule has 3 heteroatoms. The number of hydrogen-bond donors (Lipinski definition) is 0. The Bertz CT molecular complexity index is 64.6. The van der Waals surface area contributed by atoms with E-state index < -0.39 is 0 Å². The third-order valence-electron chi connectivity index (χ3n) is 1.57. The van der Waals surface area contributed by atoms with Crippen LogP contribution in [0.15, 0.2) is 0 Å².